The topological polar surface area (TPSA) is 45.4 Å². The highest BCUT2D eigenvalue weighted by molar-refractivity contribution is 7.80. The predicted molar refractivity (Wildman–Crippen MR) is 70.6 cm³/mol. The number of nitrogens with zero attached hydrogens (tertiary/aromatic N) is 3. The Morgan fingerprint density at radius 1 is 1.38 bits per heavy atom. The van der Waals surface area contributed by atoms with E-state index in [0.29, 0.717) is 4.99 Å². The van der Waals surface area contributed by atoms with Crippen LogP contribution in [-0.4, -0.2) is 52.5 Å². The fourth-order valence-electron chi connectivity index (χ4n) is 1.87. The van der Waals surface area contributed by atoms with Crippen molar-refractivity contribution in [2.75, 3.05) is 32.7 Å². The molecule has 0 aromatic carbocycles. The molecule has 6 heteroatoms. The lowest BCUT2D eigenvalue weighted by Gasteiger charge is -2.34. The molecule has 2 heterocycles. The number of thiocarbonyl (C=S) groups is 1. The van der Waals surface area contributed by atoms with E-state index >= 15 is 0 Å². The third kappa shape index (κ3) is 3.48. The largest absolute Gasteiger partial charge is 0.392 e. The van der Waals surface area contributed by atoms with Crippen LogP contribution in [0.1, 0.15) is 4.88 Å². The van der Waals surface area contributed by atoms with Gasteiger partial charge in [-0.1, -0.05) is 12.2 Å². The van der Waals surface area contributed by atoms with Crippen LogP contribution in [-0.2, 0) is 6.54 Å². The fraction of sp³-hybridized carbons (Fsp3) is 0.600. The molecular formula is C10H16N4S2. The van der Waals surface area contributed by atoms with Crippen molar-refractivity contribution in [1.29, 1.82) is 0 Å². The summed E-state index contributed by atoms with van der Waals surface area (Å²) in [6.45, 7) is 6.04. The molecule has 0 spiro atoms. The van der Waals surface area contributed by atoms with E-state index in [0.717, 1.165) is 39.3 Å². The maximum Gasteiger partial charge on any atom is 0.0870 e. The summed E-state index contributed by atoms with van der Waals surface area (Å²) in [7, 11) is 0. The molecule has 0 radical (unpaired) electrons. The van der Waals surface area contributed by atoms with E-state index < -0.39 is 0 Å². The Morgan fingerprint density at radius 3 is 2.62 bits per heavy atom. The predicted octanol–water partition coefficient (Wildman–Crippen LogP) is 0.547. The molecule has 1 aliphatic rings. The Morgan fingerprint density at radius 2 is 2.06 bits per heavy atom. The summed E-state index contributed by atoms with van der Waals surface area (Å²) in [5.41, 5.74) is 7.42. The van der Waals surface area contributed by atoms with Crippen molar-refractivity contribution in [2.45, 2.75) is 6.54 Å². The lowest BCUT2D eigenvalue weighted by atomic mass is 10.3. The van der Waals surface area contributed by atoms with Gasteiger partial charge in [0.1, 0.15) is 0 Å². The first-order chi connectivity index (χ1) is 7.74. The van der Waals surface area contributed by atoms with E-state index in [1.54, 1.807) is 11.3 Å². The van der Waals surface area contributed by atoms with Crippen LogP contribution in [0.2, 0.25) is 0 Å². The second-order valence-corrected chi connectivity index (χ2v) is 5.48. The summed E-state index contributed by atoms with van der Waals surface area (Å²) in [4.78, 5) is 10.8. The Bertz CT molecular complexity index is 331. The van der Waals surface area contributed by atoms with E-state index in [-0.39, 0.29) is 0 Å². The van der Waals surface area contributed by atoms with Gasteiger partial charge in [0.15, 0.2) is 0 Å². The molecule has 1 saturated heterocycles. The smallest absolute Gasteiger partial charge is 0.0870 e. The molecule has 2 N–H and O–H groups in total. The average Bonchev–Trinajstić information content (AvgIpc) is 2.73. The van der Waals surface area contributed by atoms with Crippen molar-refractivity contribution in [3.8, 4) is 0 Å². The Hall–Kier alpha value is -0.560. The van der Waals surface area contributed by atoms with Gasteiger partial charge in [0.05, 0.1) is 10.5 Å². The van der Waals surface area contributed by atoms with Crippen LogP contribution in [0.3, 0.4) is 0 Å². The monoisotopic (exact) mass is 256 g/mol. The van der Waals surface area contributed by atoms with Crippen molar-refractivity contribution in [1.82, 2.24) is 14.8 Å². The minimum atomic E-state index is 0.593. The Labute approximate surface area is 105 Å². The minimum absolute atomic E-state index is 0.593. The summed E-state index contributed by atoms with van der Waals surface area (Å²) < 4.78 is 0. The van der Waals surface area contributed by atoms with Gasteiger partial charge in [0, 0.05) is 50.3 Å². The summed E-state index contributed by atoms with van der Waals surface area (Å²) in [5.74, 6) is 0. The molecule has 1 aromatic heterocycles. The van der Waals surface area contributed by atoms with E-state index in [9.17, 15) is 0 Å². The lowest BCUT2D eigenvalue weighted by Crippen LogP contribution is -2.48. The van der Waals surface area contributed by atoms with Crippen LogP contribution in [0.5, 0.6) is 0 Å². The minimum Gasteiger partial charge on any atom is -0.392 e. The summed E-state index contributed by atoms with van der Waals surface area (Å²) in [5, 5.41) is 0. The van der Waals surface area contributed by atoms with Gasteiger partial charge in [0.2, 0.25) is 0 Å². The number of hydrogen-bond donors (Lipinski definition) is 1. The zero-order valence-corrected chi connectivity index (χ0v) is 10.8. The average molecular weight is 256 g/mol. The molecule has 0 aliphatic carbocycles. The van der Waals surface area contributed by atoms with Gasteiger partial charge in [-0.05, 0) is 0 Å². The summed E-state index contributed by atoms with van der Waals surface area (Å²) >= 11 is 6.64. The molecule has 88 valence electrons. The molecule has 0 amide bonds. The van der Waals surface area contributed by atoms with Gasteiger partial charge in [-0.15, -0.1) is 11.3 Å². The zero-order chi connectivity index (χ0) is 11.4. The van der Waals surface area contributed by atoms with Gasteiger partial charge >= 0.3 is 0 Å². The molecule has 2 rings (SSSR count). The van der Waals surface area contributed by atoms with Crippen molar-refractivity contribution < 1.29 is 0 Å². The first-order valence-corrected chi connectivity index (χ1v) is 6.63. The number of thiazole rings is 1. The van der Waals surface area contributed by atoms with Crippen LogP contribution in [0, 0.1) is 0 Å². The molecule has 0 saturated carbocycles. The summed E-state index contributed by atoms with van der Waals surface area (Å²) in [6.07, 6.45) is 1.95. The van der Waals surface area contributed by atoms with Crippen molar-refractivity contribution in [2.24, 2.45) is 5.73 Å². The highest BCUT2D eigenvalue weighted by Crippen LogP contribution is 2.11. The SMILES string of the molecule is NC(=S)CN1CCN(Cc2cncs2)CC1. The molecule has 1 fully saturated rings. The highest BCUT2D eigenvalue weighted by atomic mass is 32.1. The molecule has 4 nitrogen and oxygen atoms in total. The van der Waals surface area contributed by atoms with Crippen LogP contribution >= 0.6 is 23.6 Å². The maximum atomic E-state index is 5.54. The number of piperazine rings is 1. The van der Waals surface area contributed by atoms with Gasteiger partial charge in [-0.3, -0.25) is 14.8 Å². The molecule has 1 aromatic rings. The molecule has 0 unspecified atom stereocenters. The highest BCUT2D eigenvalue weighted by Gasteiger charge is 2.17. The molecule has 0 atom stereocenters. The third-order valence-electron chi connectivity index (χ3n) is 2.71. The first-order valence-electron chi connectivity index (χ1n) is 5.34. The zero-order valence-electron chi connectivity index (χ0n) is 9.13. The Balaban J connectivity index is 1.75. The van der Waals surface area contributed by atoms with E-state index in [2.05, 4.69) is 14.8 Å². The van der Waals surface area contributed by atoms with Crippen LogP contribution in [0.25, 0.3) is 0 Å². The number of nitrogens with two attached hydrogens (primary N) is 1. The second kappa shape index (κ2) is 5.67. The fourth-order valence-corrected chi connectivity index (χ4v) is 2.69. The number of aromatic nitrogens is 1. The van der Waals surface area contributed by atoms with Gasteiger partial charge in [0.25, 0.3) is 0 Å². The number of hydrogen-bond acceptors (Lipinski definition) is 5. The van der Waals surface area contributed by atoms with E-state index in [1.807, 2.05) is 11.7 Å². The number of rotatable bonds is 4. The second-order valence-electron chi connectivity index (χ2n) is 3.99. The van der Waals surface area contributed by atoms with E-state index in [1.165, 1.54) is 4.88 Å². The first kappa shape index (κ1) is 11.9. The third-order valence-corrected chi connectivity index (χ3v) is 3.60. The van der Waals surface area contributed by atoms with Crippen LogP contribution in [0.4, 0.5) is 0 Å². The van der Waals surface area contributed by atoms with E-state index in [4.69, 9.17) is 18.0 Å². The van der Waals surface area contributed by atoms with Crippen LogP contribution in [0.15, 0.2) is 11.7 Å². The van der Waals surface area contributed by atoms with Gasteiger partial charge in [-0.2, -0.15) is 0 Å². The van der Waals surface area contributed by atoms with Crippen molar-refractivity contribution in [3.05, 3.63) is 16.6 Å². The molecule has 0 bridgehead atoms. The quantitative estimate of drug-likeness (QED) is 0.797. The molecule has 16 heavy (non-hydrogen) atoms. The molecule has 1 aliphatic heterocycles. The lowest BCUT2D eigenvalue weighted by molar-refractivity contribution is 0.141. The molecular weight excluding hydrogens is 240 g/mol. The summed E-state index contributed by atoms with van der Waals surface area (Å²) in [6, 6.07) is 0. The van der Waals surface area contributed by atoms with Crippen LogP contribution < -0.4 is 5.73 Å². The normalized spacial score (nSPS) is 18.8. The Kier molecular flexibility index (Phi) is 4.22. The van der Waals surface area contributed by atoms with Crippen molar-refractivity contribution >= 4 is 28.5 Å². The standard InChI is InChI=1S/C10H16N4S2/c11-10(15)7-14-3-1-13(2-4-14)6-9-5-12-8-16-9/h5,8H,1-4,6-7H2,(H2,11,15). The van der Waals surface area contributed by atoms with Gasteiger partial charge in [-0.25, -0.2) is 0 Å². The maximum absolute atomic E-state index is 5.54. The van der Waals surface area contributed by atoms with Crippen molar-refractivity contribution in [3.63, 3.8) is 0 Å². The van der Waals surface area contributed by atoms with Gasteiger partial charge < -0.3 is 5.73 Å².